The number of nitrogens with zero attached hydrogens (tertiary/aromatic N) is 1. The molecule has 0 aliphatic carbocycles. The Morgan fingerprint density at radius 3 is 2.03 bits per heavy atom. The summed E-state index contributed by atoms with van der Waals surface area (Å²) < 4.78 is 52.3. The Morgan fingerprint density at radius 1 is 0.774 bits per heavy atom. The highest BCUT2D eigenvalue weighted by atomic mass is 19.4. The highest BCUT2D eigenvalue weighted by Crippen LogP contribution is 2.32. The molecule has 162 valence electrons. The van der Waals surface area contributed by atoms with E-state index in [1.54, 1.807) is 0 Å². The Kier molecular flexibility index (Phi) is 6.42. The molecule has 0 atom stereocenters. The summed E-state index contributed by atoms with van der Waals surface area (Å²) in [5, 5.41) is 0. The van der Waals surface area contributed by atoms with Crippen molar-refractivity contribution in [2.24, 2.45) is 5.92 Å². The number of halogens is 4. The van der Waals surface area contributed by atoms with E-state index in [4.69, 9.17) is 0 Å². The number of alkyl halides is 3. The van der Waals surface area contributed by atoms with Gasteiger partial charge in [-0.15, -0.1) is 0 Å². The predicted molar refractivity (Wildman–Crippen MR) is 115 cm³/mol. The van der Waals surface area contributed by atoms with Gasteiger partial charge in [0.1, 0.15) is 5.82 Å². The maximum Gasteiger partial charge on any atom is 0.419 e. The zero-order chi connectivity index (χ0) is 21.8. The molecule has 4 rings (SSSR count). The van der Waals surface area contributed by atoms with Crippen molar-refractivity contribution in [3.05, 3.63) is 95.3 Å². The lowest BCUT2D eigenvalue weighted by molar-refractivity contribution is -0.140. The van der Waals surface area contributed by atoms with Crippen LogP contribution in [0.15, 0.2) is 72.8 Å². The first-order valence-corrected chi connectivity index (χ1v) is 10.6. The van der Waals surface area contributed by atoms with Crippen LogP contribution in [-0.2, 0) is 19.1 Å². The van der Waals surface area contributed by atoms with Crippen molar-refractivity contribution in [1.82, 2.24) is 4.90 Å². The van der Waals surface area contributed by atoms with Gasteiger partial charge in [-0.2, -0.15) is 13.2 Å². The second-order valence-corrected chi connectivity index (χ2v) is 8.30. The van der Waals surface area contributed by atoms with Gasteiger partial charge in [-0.25, -0.2) is 4.39 Å². The van der Waals surface area contributed by atoms with Gasteiger partial charge in [-0.1, -0.05) is 60.7 Å². The molecule has 3 aromatic rings. The van der Waals surface area contributed by atoms with Crippen molar-refractivity contribution in [2.75, 3.05) is 13.1 Å². The molecule has 1 nitrogen and oxygen atoms in total. The Labute approximate surface area is 180 Å². The van der Waals surface area contributed by atoms with Gasteiger partial charge in [-0.05, 0) is 72.7 Å². The maximum absolute atomic E-state index is 13.5. The average molecular weight is 427 g/mol. The fourth-order valence-electron chi connectivity index (χ4n) is 4.29. The third-order valence-corrected chi connectivity index (χ3v) is 6.03. The van der Waals surface area contributed by atoms with Gasteiger partial charge in [0.2, 0.25) is 0 Å². The monoisotopic (exact) mass is 427 g/mol. The summed E-state index contributed by atoms with van der Waals surface area (Å²) in [7, 11) is 0. The minimum absolute atomic E-state index is 0.419. The van der Waals surface area contributed by atoms with E-state index in [0.29, 0.717) is 18.0 Å². The van der Waals surface area contributed by atoms with Crippen LogP contribution in [0.3, 0.4) is 0 Å². The van der Waals surface area contributed by atoms with E-state index in [9.17, 15) is 17.6 Å². The van der Waals surface area contributed by atoms with Crippen LogP contribution >= 0.6 is 0 Å². The van der Waals surface area contributed by atoms with Crippen molar-refractivity contribution in [1.29, 1.82) is 0 Å². The molecule has 3 aromatic carbocycles. The summed E-state index contributed by atoms with van der Waals surface area (Å²) in [6.45, 7) is 2.10. The Bertz CT molecular complexity index is 988. The molecule has 0 radical (unpaired) electrons. The van der Waals surface area contributed by atoms with E-state index in [-0.39, 0.29) is 0 Å². The van der Waals surface area contributed by atoms with Crippen LogP contribution < -0.4 is 0 Å². The first-order chi connectivity index (χ1) is 14.9. The number of likely N-dealkylation sites (tertiary alicyclic amines) is 1. The molecule has 0 bridgehead atoms. The third-order valence-electron chi connectivity index (χ3n) is 6.03. The topological polar surface area (TPSA) is 3.24 Å². The molecular formula is C26H25F4N. The molecule has 1 aliphatic heterocycles. The van der Waals surface area contributed by atoms with E-state index in [1.165, 1.54) is 22.8 Å². The van der Waals surface area contributed by atoms with Crippen LogP contribution in [0.4, 0.5) is 17.6 Å². The van der Waals surface area contributed by atoms with Gasteiger partial charge in [0, 0.05) is 6.54 Å². The molecule has 5 heteroatoms. The lowest BCUT2D eigenvalue weighted by Gasteiger charge is -2.32. The molecule has 0 saturated carbocycles. The van der Waals surface area contributed by atoms with Crippen molar-refractivity contribution >= 4 is 0 Å². The average Bonchev–Trinajstić information content (AvgIpc) is 2.77. The van der Waals surface area contributed by atoms with Crippen LogP contribution in [0.25, 0.3) is 11.1 Å². The van der Waals surface area contributed by atoms with Gasteiger partial charge in [0.05, 0.1) is 5.56 Å². The minimum Gasteiger partial charge on any atom is -0.299 e. The maximum atomic E-state index is 13.5. The SMILES string of the molecule is Fc1ccc(CN2CCC(Cc3ccc(-c4ccccc4)cc3)CC2)cc1C(F)(F)F. The molecule has 0 N–H and O–H groups in total. The number of hydrogen-bond acceptors (Lipinski definition) is 1. The summed E-state index contributed by atoms with van der Waals surface area (Å²) in [5.41, 5.74) is 3.04. The van der Waals surface area contributed by atoms with Crippen LogP contribution in [0.5, 0.6) is 0 Å². The molecule has 1 heterocycles. The molecule has 1 saturated heterocycles. The van der Waals surface area contributed by atoms with Crippen LogP contribution in [0.1, 0.15) is 29.5 Å². The molecule has 1 aliphatic rings. The van der Waals surface area contributed by atoms with E-state index in [0.717, 1.165) is 44.5 Å². The lowest BCUT2D eigenvalue weighted by atomic mass is 9.89. The van der Waals surface area contributed by atoms with Crippen molar-refractivity contribution < 1.29 is 17.6 Å². The van der Waals surface area contributed by atoms with Gasteiger partial charge >= 0.3 is 6.18 Å². The smallest absolute Gasteiger partial charge is 0.299 e. The summed E-state index contributed by atoms with van der Waals surface area (Å²) in [6.07, 6.45) is -1.64. The second kappa shape index (κ2) is 9.23. The number of hydrogen-bond donors (Lipinski definition) is 0. The third kappa shape index (κ3) is 5.53. The fourth-order valence-corrected chi connectivity index (χ4v) is 4.29. The van der Waals surface area contributed by atoms with E-state index in [1.807, 2.05) is 18.2 Å². The second-order valence-electron chi connectivity index (χ2n) is 8.30. The standard InChI is InChI=1S/C26H25F4N/c27-25-11-8-21(17-24(25)26(28,29)30)18-31-14-12-20(13-15-31)16-19-6-9-23(10-7-19)22-4-2-1-3-5-22/h1-11,17,20H,12-16,18H2. The lowest BCUT2D eigenvalue weighted by Crippen LogP contribution is -2.34. The van der Waals surface area contributed by atoms with E-state index in [2.05, 4.69) is 41.3 Å². The molecule has 1 fully saturated rings. The molecule has 0 spiro atoms. The van der Waals surface area contributed by atoms with E-state index < -0.39 is 17.6 Å². The summed E-state index contributed by atoms with van der Waals surface area (Å²) >= 11 is 0. The highest BCUT2D eigenvalue weighted by molar-refractivity contribution is 5.63. The summed E-state index contributed by atoms with van der Waals surface area (Å²) in [6, 6.07) is 22.3. The van der Waals surface area contributed by atoms with Crippen molar-refractivity contribution in [3.8, 4) is 11.1 Å². The molecule has 0 amide bonds. The zero-order valence-corrected chi connectivity index (χ0v) is 17.2. The zero-order valence-electron chi connectivity index (χ0n) is 17.2. The van der Waals surface area contributed by atoms with Gasteiger partial charge in [0.15, 0.2) is 0 Å². The molecule has 0 unspecified atom stereocenters. The van der Waals surface area contributed by atoms with Crippen LogP contribution in [0.2, 0.25) is 0 Å². The van der Waals surface area contributed by atoms with Crippen LogP contribution in [-0.4, -0.2) is 18.0 Å². The highest BCUT2D eigenvalue weighted by Gasteiger charge is 2.34. The number of piperidine rings is 1. The summed E-state index contributed by atoms with van der Waals surface area (Å²) in [5.74, 6) is -0.647. The minimum atomic E-state index is -4.66. The Balaban J connectivity index is 1.30. The number of benzene rings is 3. The first kappa shape index (κ1) is 21.6. The first-order valence-electron chi connectivity index (χ1n) is 10.6. The van der Waals surface area contributed by atoms with Gasteiger partial charge < -0.3 is 0 Å². The Hall–Kier alpha value is -2.66. The summed E-state index contributed by atoms with van der Waals surface area (Å²) in [4.78, 5) is 2.16. The van der Waals surface area contributed by atoms with Crippen molar-refractivity contribution in [2.45, 2.75) is 32.0 Å². The van der Waals surface area contributed by atoms with Crippen LogP contribution in [0, 0.1) is 11.7 Å². The van der Waals surface area contributed by atoms with Gasteiger partial charge in [0.25, 0.3) is 0 Å². The van der Waals surface area contributed by atoms with Crippen molar-refractivity contribution in [3.63, 3.8) is 0 Å². The molecule has 0 aromatic heterocycles. The predicted octanol–water partition coefficient (Wildman–Crippen LogP) is 6.97. The normalized spacial score (nSPS) is 15.9. The Morgan fingerprint density at radius 2 is 1.39 bits per heavy atom. The fraction of sp³-hybridized carbons (Fsp3) is 0.308. The largest absolute Gasteiger partial charge is 0.419 e. The van der Waals surface area contributed by atoms with E-state index >= 15 is 0 Å². The van der Waals surface area contributed by atoms with Gasteiger partial charge in [-0.3, -0.25) is 4.90 Å². The molecule has 31 heavy (non-hydrogen) atoms. The number of rotatable bonds is 5. The quantitative estimate of drug-likeness (QED) is 0.398. The molecular weight excluding hydrogens is 402 g/mol.